The van der Waals surface area contributed by atoms with Gasteiger partial charge in [0.25, 0.3) is 0 Å². The Morgan fingerprint density at radius 2 is 1.95 bits per heavy atom. The molecule has 0 bridgehead atoms. The smallest absolute Gasteiger partial charge is 0.242 e. The Balaban J connectivity index is 0.00000220. The highest BCUT2D eigenvalue weighted by Gasteiger charge is 2.13. The summed E-state index contributed by atoms with van der Waals surface area (Å²) in [6.07, 6.45) is 0.831. The highest BCUT2D eigenvalue weighted by molar-refractivity contribution is 7.15. The van der Waals surface area contributed by atoms with E-state index in [9.17, 15) is 4.79 Å². The van der Waals surface area contributed by atoms with E-state index < -0.39 is 6.04 Å². The van der Waals surface area contributed by atoms with Crippen molar-refractivity contribution in [1.82, 2.24) is 4.98 Å². The zero-order valence-electron chi connectivity index (χ0n) is 12.3. The zero-order chi connectivity index (χ0) is 14.7. The number of nitrogens with one attached hydrogen (secondary N) is 1. The van der Waals surface area contributed by atoms with Gasteiger partial charge in [0.2, 0.25) is 5.91 Å². The summed E-state index contributed by atoms with van der Waals surface area (Å²) in [5.41, 5.74) is 8.98. The molecule has 1 aromatic heterocycles. The van der Waals surface area contributed by atoms with Crippen LogP contribution in [0.15, 0.2) is 24.3 Å². The number of hydrogen-bond acceptors (Lipinski definition) is 4. The van der Waals surface area contributed by atoms with Crippen LogP contribution in [0.25, 0.3) is 0 Å². The van der Waals surface area contributed by atoms with Crippen molar-refractivity contribution in [2.75, 3.05) is 5.32 Å². The van der Waals surface area contributed by atoms with Crippen molar-refractivity contribution in [3.63, 3.8) is 0 Å². The van der Waals surface area contributed by atoms with Crippen LogP contribution in [0.4, 0.5) is 5.13 Å². The molecule has 114 valence electrons. The van der Waals surface area contributed by atoms with Crippen LogP contribution < -0.4 is 11.1 Å². The second-order valence-electron chi connectivity index (χ2n) is 4.97. The van der Waals surface area contributed by atoms with E-state index in [1.807, 2.05) is 6.92 Å². The maximum atomic E-state index is 11.6. The fourth-order valence-corrected chi connectivity index (χ4v) is 2.76. The van der Waals surface area contributed by atoms with Crippen LogP contribution in [-0.4, -0.2) is 16.9 Å². The molecule has 4 nitrogen and oxygen atoms in total. The molecule has 1 amide bonds. The summed E-state index contributed by atoms with van der Waals surface area (Å²) in [5.74, 6) is -0.208. The lowest BCUT2D eigenvalue weighted by Gasteiger charge is -2.03. The van der Waals surface area contributed by atoms with Gasteiger partial charge in [0.1, 0.15) is 0 Å². The molecular weight excluding hydrogens is 306 g/mol. The fourth-order valence-electron chi connectivity index (χ4n) is 1.76. The number of nitrogens with zero attached hydrogens (tertiary/aromatic N) is 1. The van der Waals surface area contributed by atoms with Crippen LogP contribution in [-0.2, 0) is 11.2 Å². The third kappa shape index (κ3) is 4.81. The first-order chi connectivity index (χ1) is 9.45. The van der Waals surface area contributed by atoms with Crippen LogP contribution in [0.1, 0.15) is 28.6 Å². The number of carbonyl (C=O) groups is 1. The third-order valence-corrected chi connectivity index (χ3v) is 4.09. The number of amides is 1. The number of carbonyl (C=O) groups excluding carboxylic acids is 1. The van der Waals surface area contributed by atoms with E-state index in [0.29, 0.717) is 5.13 Å². The zero-order valence-corrected chi connectivity index (χ0v) is 14.0. The predicted molar refractivity (Wildman–Crippen MR) is 90.4 cm³/mol. The summed E-state index contributed by atoms with van der Waals surface area (Å²) in [6.45, 7) is 5.69. The topological polar surface area (TPSA) is 68.0 Å². The van der Waals surface area contributed by atoms with Crippen molar-refractivity contribution < 1.29 is 4.79 Å². The maximum Gasteiger partial charge on any atom is 0.242 e. The number of benzene rings is 1. The predicted octanol–water partition coefficient (Wildman–Crippen LogP) is 3.06. The highest BCUT2D eigenvalue weighted by Crippen LogP contribution is 2.25. The Labute approximate surface area is 135 Å². The van der Waals surface area contributed by atoms with Gasteiger partial charge in [0.15, 0.2) is 5.13 Å². The van der Waals surface area contributed by atoms with Gasteiger partial charge in [0, 0.05) is 11.3 Å². The lowest BCUT2D eigenvalue weighted by molar-refractivity contribution is -0.117. The Bertz CT molecular complexity index is 608. The van der Waals surface area contributed by atoms with Crippen molar-refractivity contribution in [3.8, 4) is 0 Å². The van der Waals surface area contributed by atoms with Crippen LogP contribution in [0, 0.1) is 13.8 Å². The molecule has 0 unspecified atom stereocenters. The minimum absolute atomic E-state index is 0. The molecule has 0 aliphatic heterocycles. The lowest BCUT2D eigenvalue weighted by atomic mass is 10.1. The minimum atomic E-state index is -0.528. The quantitative estimate of drug-likeness (QED) is 0.907. The molecule has 0 aliphatic rings. The molecule has 0 fully saturated rings. The largest absolute Gasteiger partial charge is 0.320 e. The summed E-state index contributed by atoms with van der Waals surface area (Å²) in [5, 5.41) is 3.36. The van der Waals surface area contributed by atoms with Crippen molar-refractivity contribution in [1.29, 1.82) is 0 Å². The average molecular weight is 326 g/mol. The first-order valence-electron chi connectivity index (χ1n) is 6.54. The SMILES string of the molecule is Cc1ccc(Cc2sc(NC(=O)[C@H](C)N)nc2C)cc1.Cl. The fraction of sp³-hybridized carbons (Fsp3) is 0.333. The lowest BCUT2D eigenvalue weighted by Crippen LogP contribution is -2.32. The van der Waals surface area contributed by atoms with Gasteiger partial charge in [-0.2, -0.15) is 0 Å². The van der Waals surface area contributed by atoms with Crippen molar-refractivity contribution in [3.05, 3.63) is 46.0 Å². The van der Waals surface area contributed by atoms with Gasteiger partial charge < -0.3 is 11.1 Å². The molecule has 0 radical (unpaired) electrons. The Morgan fingerprint density at radius 3 is 2.52 bits per heavy atom. The van der Waals surface area contributed by atoms with E-state index in [-0.39, 0.29) is 18.3 Å². The molecule has 0 saturated carbocycles. The molecule has 0 saturated heterocycles. The summed E-state index contributed by atoms with van der Waals surface area (Å²) in [4.78, 5) is 17.1. The molecule has 1 atom stereocenters. The second kappa shape index (κ2) is 7.54. The van der Waals surface area contributed by atoms with Gasteiger partial charge in [0.05, 0.1) is 11.7 Å². The number of anilines is 1. The van der Waals surface area contributed by atoms with Gasteiger partial charge >= 0.3 is 0 Å². The van der Waals surface area contributed by atoms with E-state index in [2.05, 4.69) is 41.5 Å². The normalized spacial score (nSPS) is 11.6. The summed E-state index contributed by atoms with van der Waals surface area (Å²) in [7, 11) is 0. The molecule has 0 spiro atoms. The van der Waals surface area contributed by atoms with Gasteiger partial charge in [-0.1, -0.05) is 29.8 Å². The second-order valence-corrected chi connectivity index (χ2v) is 6.05. The first-order valence-corrected chi connectivity index (χ1v) is 7.35. The average Bonchev–Trinajstić information content (AvgIpc) is 2.72. The van der Waals surface area contributed by atoms with Crippen LogP contribution in [0.3, 0.4) is 0 Å². The number of hydrogen-bond donors (Lipinski definition) is 2. The van der Waals surface area contributed by atoms with E-state index in [4.69, 9.17) is 5.73 Å². The molecule has 2 aromatic rings. The standard InChI is InChI=1S/C15H19N3OS.ClH/c1-9-4-6-12(7-5-9)8-13-11(3)17-15(20-13)18-14(19)10(2)16;/h4-7,10H,8,16H2,1-3H3,(H,17,18,19);1H/t10-;/m0./s1. The first kappa shape index (κ1) is 17.6. The Morgan fingerprint density at radius 1 is 1.33 bits per heavy atom. The summed E-state index contributed by atoms with van der Waals surface area (Å²) >= 11 is 1.51. The minimum Gasteiger partial charge on any atom is -0.320 e. The molecule has 2 rings (SSSR count). The van der Waals surface area contributed by atoms with Gasteiger partial charge in [-0.05, 0) is 26.3 Å². The van der Waals surface area contributed by atoms with E-state index in [0.717, 1.165) is 17.0 Å². The van der Waals surface area contributed by atoms with Gasteiger partial charge in [-0.25, -0.2) is 4.98 Å². The summed E-state index contributed by atoms with van der Waals surface area (Å²) < 4.78 is 0. The van der Waals surface area contributed by atoms with Crippen molar-refractivity contribution >= 4 is 34.8 Å². The number of aryl methyl sites for hydroxylation is 2. The van der Waals surface area contributed by atoms with E-state index in [1.165, 1.54) is 22.5 Å². The third-order valence-electron chi connectivity index (χ3n) is 3.02. The number of rotatable bonds is 4. The molecule has 1 aromatic carbocycles. The molecule has 0 aliphatic carbocycles. The monoisotopic (exact) mass is 325 g/mol. The molecule has 6 heteroatoms. The van der Waals surface area contributed by atoms with Gasteiger partial charge in [-0.3, -0.25) is 4.79 Å². The van der Waals surface area contributed by atoms with Crippen LogP contribution >= 0.6 is 23.7 Å². The van der Waals surface area contributed by atoms with Crippen LogP contribution in [0.2, 0.25) is 0 Å². The number of aromatic nitrogens is 1. The number of halogens is 1. The summed E-state index contributed by atoms with van der Waals surface area (Å²) in [6, 6.07) is 7.91. The van der Waals surface area contributed by atoms with Crippen LogP contribution in [0.5, 0.6) is 0 Å². The Hall–Kier alpha value is -1.43. The molecule has 3 N–H and O–H groups in total. The Kier molecular flexibility index (Phi) is 6.33. The molecule has 1 heterocycles. The van der Waals surface area contributed by atoms with E-state index >= 15 is 0 Å². The van der Waals surface area contributed by atoms with Gasteiger partial charge in [-0.15, -0.1) is 23.7 Å². The molecular formula is C15H20ClN3OS. The van der Waals surface area contributed by atoms with E-state index in [1.54, 1.807) is 6.92 Å². The maximum absolute atomic E-state index is 11.6. The van der Waals surface area contributed by atoms with Crippen molar-refractivity contribution in [2.24, 2.45) is 5.73 Å². The number of thiazole rings is 1. The molecule has 21 heavy (non-hydrogen) atoms. The highest BCUT2D eigenvalue weighted by atomic mass is 35.5. The number of nitrogens with two attached hydrogens (primary N) is 1. The van der Waals surface area contributed by atoms with Crippen molar-refractivity contribution in [2.45, 2.75) is 33.2 Å².